The van der Waals surface area contributed by atoms with Crippen molar-refractivity contribution in [1.29, 1.82) is 0 Å². The van der Waals surface area contributed by atoms with Crippen LogP contribution in [-0.2, 0) is 4.74 Å². The predicted molar refractivity (Wildman–Crippen MR) is 89.7 cm³/mol. The minimum absolute atomic E-state index is 0.399. The van der Waals surface area contributed by atoms with Crippen LogP contribution in [0.4, 0.5) is 0 Å². The van der Waals surface area contributed by atoms with E-state index >= 15 is 0 Å². The molecule has 0 aromatic carbocycles. The SMILES string of the molecule is CCCNC1CCC(C)CC1CN1CC(C)OCC1CC. The van der Waals surface area contributed by atoms with Crippen LogP contribution < -0.4 is 5.32 Å². The van der Waals surface area contributed by atoms with Gasteiger partial charge in [0.05, 0.1) is 12.7 Å². The maximum absolute atomic E-state index is 5.86. The first kappa shape index (κ1) is 17.2. The van der Waals surface area contributed by atoms with Crippen LogP contribution in [-0.4, -0.2) is 49.3 Å². The van der Waals surface area contributed by atoms with Gasteiger partial charge in [0.2, 0.25) is 0 Å². The molecule has 1 saturated carbocycles. The van der Waals surface area contributed by atoms with Gasteiger partial charge in [-0.25, -0.2) is 0 Å². The van der Waals surface area contributed by atoms with Crippen molar-refractivity contribution in [3.8, 4) is 0 Å². The second kappa shape index (κ2) is 8.50. The molecule has 5 unspecified atom stereocenters. The van der Waals surface area contributed by atoms with Gasteiger partial charge in [0.1, 0.15) is 0 Å². The van der Waals surface area contributed by atoms with Crippen LogP contribution in [0.25, 0.3) is 0 Å². The molecule has 5 atom stereocenters. The molecule has 1 aliphatic heterocycles. The van der Waals surface area contributed by atoms with Gasteiger partial charge in [0.25, 0.3) is 0 Å². The Labute approximate surface area is 131 Å². The molecule has 0 radical (unpaired) electrons. The monoisotopic (exact) mass is 296 g/mol. The highest BCUT2D eigenvalue weighted by Gasteiger charge is 2.33. The number of morpholine rings is 1. The first-order valence-corrected chi connectivity index (χ1v) is 9.23. The lowest BCUT2D eigenvalue weighted by atomic mass is 9.78. The van der Waals surface area contributed by atoms with Crippen molar-refractivity contribution in [3.63, 3.8) is 0 Å². The molecule has 0 aromatic rings. The number of hydrogen-bond acceptors (Lipinski definition) is 3. The molecule has 2 aliphatic rings. The molecule has 2 rings (SSSR count). The van der Waals surface area contributed by atoms with Gasteiger partial charge in [-0.15, -0.1) is 0 Å². The Morgan fingerprint density at radius 3 is 2.71 bits per heavy atom. The summed E-state index contributed by atoms with van der Waals surface area (Å²) in [6, 6.07) is 1.36. The molecule has 0 aromatic heterocycles. The Morgan fingerprint density at radius 1 is 1.19 bits per heavy atom. The summed E-state index contributed by atoms with van der Waals surface area (Å²) in [5.74, 6) is 1.72. The molecule has 1 N–H and O–H groups in total. The topological polar surface area (TPSA) is 24.5 Å². The maximum Gasteiger partial charge on any atom is 0.0674 e. The summed E-state index contributed by atoms with van der Waals surface area (Å²) in [6.45, 7) is 13.7. The molecule has 21 heavy (non-hydrogen) atoms. The predicted octanol–water partition coefficient (Wildman–Crippen LogP) is 3.29. The summed E-state index contributed by atoms with van der Waals surface area (Å²) >= 11 is 0. The number of nitrogens with one attached hydrogen (secondary N) is 1. The first-order chi connectivity index (χ1) is 10.1. The molecule has 0 amide bonds. The van der Waals surface area contributed by atoms with Gasteiger partial charge in [-0.3, -0.25) is 4.90 Å². The van der Waals surface area contributed by atoms with Crippen molar-refractivity contribution in [3.05, 3.63) is 0 Å². The van der Waals surface area contributed by atoms with Gasteiger partial charge in [0.15, 0.2) is 0 Å². The molecule has 1 aliphatic carbocycles. The van der Waals surface area contributed by atoms with Gasteiger partial charge in [0, 0.05) is 25.2 Å². The number of hydrogen-bond donors (Lipinski definition) is 1. The maximum atomic E-state index is 5.86. The van der Waals surface area contributed by atoms with E-state index < -0.39 is 0 Å². The molecular weight excluding hydrogens is 260 g/mol. The Bertz CT molecular complexity index is 295. The molecule has 2 fully saturated rings. The number of rotatable bonds is 6. The minimum atomic E-state index is 0.399. The highest BCUT2D eigenvalue weighted by Crippen LogP contribution is 2.31. The average Bonchev–Trinajstić information content (AvgIpc) is 2.47. The van der Waals surface area contributed by atoms with E-state index in [1.54, 1.807) is 0 Å². The standard InChI is InChI=1S/C18H36N2O/c1-5-9-19-18-8-7-14(3)10-16(18)12-20-11-15(4)21-13-17(20)6-2/h14-19H,5-13H2,1-4H3. The number of nitrogens with zero attached hydrogens (tertiary/aromatic N) is 1. The van der Waals surface area contributed by atoms with Gasteiger partial charge in [-0.05, 0) is 57.4 Å². The lowest BCUT2D eigenvalue weighted by Crippen LogP contribution is -2.53. The fraction of sp³-hybridized carbons (Fsp3) is 1.00. The first-order valence-electron chi connectivity index (χ1n) is 9.23. The zero-order valence-electron chi connectivity index (χ0n) is 14.6. The van der Waals surface area contributed by atoms with E-state index in [1.807, 2.05) is 0 Å². The summed E-state index contributed by atoms with van der Waals surface area (Å²) in [4.78, 5) is 2.72. The molecule has 3 heteroatoms. The van der Waals surface area contributed by atoms with Crippen LogP contribution in [0.5, 0.6) is 0 Å². The van der Waals surface area contributed by atoms with E-state index in [0.29, 0.717) is 12.1 Å². The van der Waals surface area contributed by atoms with Gasteiger partial charge >= 0.3 is 0 Å². The second-order valence-corrected chi connectivity index (χ2v) is 7.40. The van der Waals surface area contributed by atoms with E-state index in [9.17, 15) is 0 Å². The average molecular weight is 296 g/mol. The van der Waals surface area contributed by atoms with Crippen LogP contribution >= 0.6 is 0 Å². The normalized spacial score (nSPS) is 38.6. The Morgan fingerprint density at radius 2 is 2.00 bits per heavy atom. The highest BCUT2D eigenvalue weighted by molar-refractivity contribution is 4.88. The summed E-state index contributed by atoms with van der Waals surface area (Å²) in [5, 5.41) is 3.82. The fourth-order valence-corrected chi connectivity index (χ4v) is 4.11. The van der Waals surface area contributed by atoms with Crippen molar-refractivity contribution in [2.45, 2.75) is 78.0 Å². The lowest BCUT2D eigenvalue weighted by molar-refractivity contribution is -0.0646. The highest BCUT2D eigenvalue weighted by atomic mass is 16.5. The van der Waals surface area contributed by atoms with Crippen LogP contribution in [0.15, 0.2) is 0 Å². The molecule has 1 saturated heterocycles. The third-order valence-corrected chi connectivity index (χ3v) is 5.42. The summed E-state index contributed by atoms with van der Waals surface area (Å²) in [6.07, 6.45) is 7.00. The zero-order chi connectivity index (χ0) is 15.2. The van der Waals surface area contributed by atoms with Gasteiger partial charge in [-0.1, -0.05) is 20.8 Å². The molecule has 0 spiro atoms. The van der Waals surface area contributed by atoms with Crippen molar-refractivity contribution in [2.24, 2.45) is 11.8 Å². The Balaban J connectivity index is 1.95. The molecular formula is C18H36N2O. The van der Waals surface area contributed by atoms with Gasteiger partial charge in [-0.2, -0.15) is 0 Å². The third kappa shape index (κ3) is 4.94. The third-order valence-electron chi connectivity index (χ3n) is 5.42. The smallest absolute Gasteiger partial charge is 0.0674 e. The van der Waals surface area contributed by atoms with E-state index in [0.717, 1.165) is 31.0 Å². The molecule has 124 valence electrons. The van der Waals surface area contributed by atoms with Crippen molar-refractivity contribution in [1.82, 2.24) is 10.2 Å². The van der Waals surface area contributed by atoms with Crippen LogP contribution in [0.2, 0.25) is 0 Å². The van der Waals surface area contributed by atoms with Crippen molar-refractivity contribution >= 4 is 0 Å². The molecule has 0 bridgehead atoms. The van der Waals surface area contributed by atoms with Gasteiger partial charge < -0.3 is 10.1 Å². The van der Waals surface area contributed by atoms with Crippen molar-refractivity contribution in [2.75, 3.05) is 26.2 Å². The summed E-state index contributed by atoms with van der Waals surface area (Å²) < 4.78 is 5.86. The molecule has 1 heterocycles. The second-order valence-electron chi connectivity index (χ2n) is 7.40. The lowest BCUT2D eigenvalue weighted by Gasteiger charge is -2.44. The minimum Gasteiger partial charge on any atom is -0.376 e. The van der Waals surface area contributed by atoms with Crippen LogP contribution in [0.1, 0.15) is 59.8 Å². The largest absolute Gasteiger partial charge is 0.376 e. The summed E-state index contributed by atoms with van der Waals surface area (Å²) in [5.41, 5.74) is 0. The van der Waals surface area contributed by atoms with Crippen molar-refractivity contribution < 1.29 is 4.74 Å². The van der Waals surface area contributed by atoms with E-state index in [1.165, 1.54) is 45.2 Å². The Kier molecular flexibility index (Phi) is 6.97. The fourth-order valence-electron chi connectivity index (χ4n) is 4.11. The van der Waals surface area contributed by atoms with E-state index in [2.05, 4.69) is 37.9 Å². The quantitative estimate of drug-likeness (QED) is 0.814. The zero-order valence-corrected chi connectivity index (χ0v) is 14.6. The Hall–Kier alpha value is -0.120. The van der Waals surface area contributed by atoms with E-state index in [-0.39, 0.29) is 0 Å². The van der Waals surface area contributed by atoms with E-state index in [4.69, 9.17) is 4.74 Å². The number of ether oxygens (including phenoxy) is 1. The summed E-state index contributed by atoms with van der Waals surface area (Å²) in [7, 11) is 0. The molecule has 3 nitrogen and oxygen atoms in total. The van der Waals surface area contributed by atoms with Crippen LogP contribution in [0, 0.1) is 11.8 Å². The van der Waals surface area contributed by atoms with Crippen LogP contribution in [0.3, 0.4) is 0 Å².